The number of hydrogen-bond acceptors (Lipinski definition) is 4. The van der Waals surface area contributed by atoms with Crippen LogP contribution in [0.25, 0.3) is 0 Å². The number of carbonyl (C=O) groups is 1. The van der Waals surface area contributed by atoms with Gasteiger partial charge in [-0.15, -0.1) is 11.3 Å². The van der Waals surface area contributed by atoms with Crippen molar-refractivity contribution < 1.29 is 23.1 Å². The predicted octanol–water partition coefficient (Wildman–Crippen LogP) is 2.75. The average Bonchev–Trinajstić information content (AvgIpc) is 2.61. The van der Waals surface area contributed by atoms with Gasteiger partial charge < -0.3 is 5.11 Å². The molecular weight excluding hydrogens is 255 g/mol. The molecule has 1 rings (SSSR count). The van der Waals surface area contributed by atoms with Crippen molar-refractivity contribution in [2.24, 2.45) is 5.41 Å². The molecule has 0 aromatic carbocycles. The van der Waals surface area contributed by atoms with Crippen molar-refractivity contribution >= 4 is 17.1 Å². The minimum Gasteiger partial charge on any atom is -0.384 e. The van der Waals surface area contributed by atoms with Gasteiger partial charge in [0.1, 0.15) is 6.10 Å². The number of aromatic nitrogens is 1. The number of halogens is 3. The summed E-state index contributed by atoms with van der Waals surface area (Å²) in [4.78, 5) is 14.6. The van der Waals surface area contributed by atoms with E-state index in [1.165, 1.54) is 0 Å². The lowest BCUT2D eigenvalue weighted by atomic mass is 9.86. The Morgan fingerprint density at radius 2 is 1.94 bits per heavy atom. The standard InChI is InChI=1S/C10H12F3NO2S/c1-9(2,3)7(16)6(15)5-4-14-8(17-5)10(11,12)13/h4,7,16H,1-3H3. The van der Waals surface area contributed by atoms with Crippen molar-refractivity contribution in [3.05, 3.63) is 16.1 Å². The van der Waals surface area contributed by atoms with E-state index in [4.69, 9.17) is 0 Å². The lowest BCUT2D eigenvalue weighted by molar-refractivity contribution is -0.137. The number of aliphatic hydroxyl groups excluding tert-OH is 1. The Morgan fingerprint density at radius 1 is 1.41 bits per heavy atom. The van der Waals surface area contributed by atoms with Crippen LogP contribution in [0.1, 0.15) is 35.5 Å². The highest BCUT2D eigenvalue weighted by Gasteiger charge is 2.37. The molecule has 1 aromatic heterocycles. The molecule has 1 heterocycles. The second kappa shape index (κ2) is 4.38. The number of thiazole rings is 1. The van der Waals surface area contributed by atoms with Crippen LogP contribution in [-0.2, 0) is 6.18 Å². The lowest BCUT2D eigenvalue weighted by Crippen LogP contribution is -2.33. The number of nitrogens with zero attached hydrogens (tertiary/aromatic N) is 1. The van der Waals surface area contributed by atoms with Gasteiger partial charge in [0.15, 0.2) is 5.01 Å². The third kappa shape index (κ3) is 3.26. The van der Waals surface area contributed by atoms with E-state index in [1.54, 1.807) is 20.8 Å². The molecule has 1 N–H and O–H groups in total. The fourth-order valence-corrected chi connectivity index (χ4v) is 1.79. The molecule has 17 heavy (non-hydrogen) atoms. The Hall–Kier alpha value is -0.950. The van der Waals surface area contributed by atoms with Crippen LogP contribution in [0.5, 0.6) is 0 Å². The van der Waals surface area contributed by atoms with E-state index in [2.05, 4.69) is 4.98 Å². The predicted molar refractivity (Wildman–Crippen MR) is 56.9 cm³/mol. The monoisotopic (exact) mass is 267 g/mol. The summed E-state index contributed by atoms with van der Waals surface area (Å²) < 4.78 is 36.8. The van der Waals surface area contributed by atoms with Crippen molar-refractivity contribution in [3.8, 4) is 0 Å². The van der Waals surface area contributed by atoms with E-state index >= 15 is 0 Å². The number of carbonyl (C=O) groups excluding carboxylic acids is 1. The first-order valence-electron chi connectivity index (χ1n) is 4.79. The van der Waals surface area contributed by atoms with Gasteiger partial charge in [0, 0.05) is 6.20 Å². The Balaban J connectivity index is 2.96. The maximum absolute atomic E-state index is 12.3. The van der Waals surface area contributed by atoms with Crippen molar-refractivity contribution in [2.75, 3.05) is 0 Å². The summed E-state index contributed by atoms with van der Waals surface area (Å²) in [7, 11) is 0. The van der Waals surface area contributed by atoms with Gasteiger partial charge in [0.05, 0.1) is 4.88 Å². The SMILES string of the molecule is CC(C)(C)C(O)C(=O)c1cnc(C(F)(F)F)s1. The summed E-state index contributed by atoms with van der Waals surface area (Å²) in [6, 6.07) is 0. The van der Waals surface area contributed by atoms with Crippen molar-refractivity contribution in [2.45, 2.75) is 33.1 Å². The highest BCUT2D eigenvalue weighted by atomic mass is 32.1. The summed E-state index contributed by atoms with van der Waals surface area (Å²) >= 11 is 0.247. The zero-order valence-electron chi connectivity index (χ0n) is 9.50. The van der Waals surface area contributed by atoms with Crippen molar-refractivity contribution in [3.63, 3.8) is 0 Å². The third-order valence-electron chi connectivity index (χ3n) is 2.06. The van der Waals surface area contributed by atoms with Crippen LogP contribution in [0.15, 0.2) is 6.20 Å². The quantitative estimate of drug-likeness (QED) is 0.838. The Morgan fingerprint density at radius 3 is 2.29 bits per heavy atom. The van der Waals surface area contributed by atoms with Gasteiger partial charge in [-0.3, -0.25) is 4.79 Å². The second-order valence-electron chi connectivity index (χ2n) is 4.66. The average molecular weight is 267 g/mol. The summed E-state index contributed by atoms with van der Waals surface area (Å²) in [5.41, 5.74) is -0.723. The Labute approximate surface area is 100 Å². The number of hydrogen-bond donors (Lipinski definition) is 1. The molecule has 0 saturated heterocycles. The van der Waals surface area contributed by atoms with Gasteiger partial charge in [0.25, 0.3) is 0 Å². The number of alkyl halides is 3. The minimum atomic E-state index is -4.56. The van der Waals surface area contributed by atoms with Crippen LogP contribution in [0, 0.1) is 5.41 Å². The topological polar surface area (TPSA) is 50.2 Å². The third-order valence-corrected chi connectivity index (χ3v) is 3.12. The van der Waals surface area contributed by atoms with E-state index in [-0.39, 0.29) is 16.2 Å². The number of rotatable bonds is 2. The molecule has 0 fully saturated rings. The zero-order valence-corrected chi connectivity index (χ0v) is 10.3. The molecule has 0 bridgehead atoms. The maximum atomic E-state index is 12.3. The molecular formula is C10H12F3NO2S. The molecule has 0 aliphatic heterocycles. The van der Waals surface area contributed by atoms with Gasteiger partial charge in [-0.1, -0.05) is 20.8 Å². The van der Waals surface area contributed by atoms with Crippen molar-refractivity contribution in [1.29, 1.82) is 0 Å². The molecule has 96 valence electrons. The van der Waals surface area contributed by atoms with Gasteiger partial charge in [-0.25, -0.2) is 4.98 Å². The first-order chi connectivity index (χ1) is 7.53. The van der Waals surface area contributed by atoms with Crippen LogP contribution in [-0.4, -0.2) is 22.0 Å². The molecule has 0 amide bonds. The normalized spacial score (nSPS) is 14.8. The van der Waals surface area contributed by atoms with Crippen molar-refractivity contribution in [1.82, 2.24) is 4.98 Å². The molecule has 1 atom stereocenters. The van der Waals surface area contributed by atoms with Crippen LogP contribution in [0.4, 0.5) is 13.2 Å². The first-order valence-corrected chi connectivity index (χ1v) is 5.60. The minimum absolute atomic E-state index is 0.181. The van der Waals surface area contributed by atoms with Gasteiger partial charge in [0.2, 0.25) is 5.78 Å². The Bertz CT molecular complexity index is 420. The molecule has 0 aliphatic rings. The Kier molecular flexibility index (Phi) is 3.63. The zero-order chi connectivity index (χ0) is 13.4. The fraction of sp³-hybridized carbons (Fsp3) is 0.600. The molecule has 1 unspecified atom stereocenters. The smallest absolute Gasteiger partial charge is 0.384 e. The largest absolute Gasteiger partial charge is 0.443 e. The van der Waals surface area contributed by atoms with E-state index in [0.717, 1.165) is 6.20 Å². The van der Waals surface area contributed by atoms with Gasteiger partial charge in [-0.05, 0) is 5.41 Å². The summed E-state index contributed by atoms with van der Waals surface area (Å²) in [5, 5.41) is 8.59. The summed E-state index contributed by atoms with van der Waals surface area (Å²) in [6.45, 7) is 4.88. The lowest BCUT2D eigenvalue weighted by Gasteiger charge is -2.23. The molecule has 0 spiro atoms. The summed E-state index contributed by atoms with van der Waals surface area (Å²) in [5.74, 6) is -0.731. The first kappa shape index (κ1) is 14.1. The van der Waals surface area contributed by atoms with Crippen LogP contribution in [0.3, 0.4) is 0 Å². The van der Waals surface area contributed by atoms with Crippen LogP contribution < -0.4 is 0 Å². The second-order valence-corrected chi connectivity index (χ2v) is 5.69. The van der Waals surface area contributed by atoms with Crippen LogP contribution >= 0.6 is 11.3 Å². The number of ketones is 1. The van der Waals surface area contributed by atoms with Gasteiger partial charge >= 0.3 is 6.18 Å². The van der Waals surface area contributed by atoms with E-state index in [1.807, 2.05) is 0 Å². The number of Topliss-reactive ketones (excluding diaryl/α,β-unsaturated/α-hetero) is 1. The van der Waals surface area contributed by atoms with E-state index in [9.17, 15) is 23.1 Å². The molecule has 0 saturated carbocycles. The van der Waals surface area contributed by atoms with Gasteiger partial charge in [-0.2, -0.15) is 13.2 Å². The van der Waals surface area contributed by atoms with E-state index < -0.39 is 28.5 Å². The van der Waals surface area contributed by atoms with E-state index in [0.29, 0.717) is 0 Å². The highest BCUT2D eigenvalue weighted by molar-refractivity contribution is 7.13. The molecule has 1 aromatic rings. The maximum Gasteiger partial charge on any atom is 0.443 e. The highest BCUT2D eigenvalue weighted by Crippen LogP contribution is 2.33. The van der Waals surface area contributed by atoms with Crippen LogP contribution in [0.2, 0.25) is 0 Å². The molecule has 3 nitrogen and oxygen atoms in total. The molecule has 7 heteroatoms. The summed E-state index contributed by atoms with van der Waals surface area (Å²) in [6.07, 6.45) is -5.05. The number of aliphatic hydroxyl groups is 1. The molecule has 0 radical (unpaired) electrons. The molecule has 0 aliphatic carbocycles. The fourth-order valence-electron chi connectivity index (χ4n) is 1.05.